The molecular formula is C19H17ClN4OS. The second-order valence-electron chi connectivity index (χ2n) is 5.90. The highest BCUT2D eigenvalue weighted by Crippen LogP contribution is 2.25. The largest absolute Gasteiger partial charge is 0.497 e. The van der Waals surface area contributed by atoms with Gasteiger partial charge in [-0.3, -0.25) is 0 Å². The topological polar surface area (TPSA) is 52.3 Å². The zero-order valence-corrected chi connectivity index (χ0v) is 15.8. The highest BCUT2D eigenvalue weighted by Gasteiger charge is 2.19. The minimum atomic E-state index is 0.724. The molecule has 5 nitrogen and oxygen atoms in total. The van der Waals surface area contributed by atoms with Crippen LogP contribution in [0.15, 0.2) is 58.8 Å². The average molecular weight is 385 g/mol. The molecule has 0 saturated carbocycles. The Morgan fingerprint density at radius 2 is 1.96 bits per heavy atom. The van der Waals surface area contributed by atoms with Gasteiger partial charge in [0.2, 0.25) is 5.16 Å². The molecule has 0 amide bonds. The summed E-state index contributed by atoms with van der Waals surface area (Å²) >= 11 is 7.63. The molecule has 1 aliphatic heterocycles. The number of thioether (sulfide) groups is 1. The standard InChI is InChI=1S/C19H17ClN4OS/c1-25-16-4-2-3-13(11-16)5-10-18-21-22-19-24(18)23-17(12-26-19)14-6-8-15(20)9-7-14/h2-4,6-9,11H,5,10,12H2,1H3. The third-order valence-corrected chi connectivity index (χ3v) is 5.37. The van der Waals surface area contributed by atoms with Crippen LogP contribution >= 0.6 is 23.4 Å². The Hall–Kier alpha value is -2.31. The third kappa shape index (κ3) is 3.61. The number of hydrogen-bond acceptors (Lipinski definition) is 5. The van der Waals surface area contributed by atoms with E-state index in [2.05, 4.69) is 16.3 Å². The smallest absolute Gasteiger partial charge is 0.212 e. The molecule has 3 aromatic rings. The van der Waals surface area contributed by atoms with Crippen molar-refractivity contribution in [3.05, 3.63) is 70.5 Å². The highest BCUT2D eigenvalue weighted by molar-refractivity contribution is 7.99. The van der Waals surface area contributed by atoms with Crippen molar-refractivity contribution in [2.24, 2.45) is 5.10 Å². The average Bonchev–Trinajstić information content (AvgIpc) is 3.09. The number of rotatable bonds is 5. The van der Waals surface area contributed by atoms with Gasteiger partial charge in [-0.2, -0.15) is 9.78 Å². The first-order valence-electron chi connectivity index (χ1n) is 8.27. The van der Waals surface area contributed by atoms with Crippen molar-refractivity contribution in [2.75, 3.05) is 12.9 Å². The van der Waals surface area contributed by atoms with Crippen molar-refractivity contribution >= 4 is 29.1 Å². The van der Waals surface area contributed by atoms with Gasteiger partial charge in [0, 0.05) is 17.2 Å². The Bertz CT molecular complexity index is 952. The molecule has 0 unspecified atom stereocenters. The predicted molar refractivity (Wildman–Crippen MR) is 105 cm³/mol. The number of nitrogens with zero attached hydrogens (tertiary/aromatic N) is 4. The quantitative estimate of drug-likeness (QED) is 0.665. The van der Waals surface area contributed by atoms with Gasteiger partial charge in [0.15, 0.2) is 5.82 Å². The first-order chi connectivity index (χ1) is 12.7. The molecule has 7 heteroatoms. The molecule has 0 saturated heterocycles. The van der Waals surface area contributed by atoms with Gasteiger partial charge in [-0.25, -0.2) is 0 Å². The van der Waals surface area contributed by atoms with Crippen molar-refractivity contribution in [1.82, 2.24) is 14.9 Å². The summed E-state index contributed by atoms with van der Waals surface area (Å²) in [4.78, 5) is 0. The maximum atomic E-state index is 5.98. The Labute approximate surface area is 161 Å². The fourth-order valence-electron chi connectivity index (χ4n) is 2.79. The molecule has 2 aromatic carbocycles. The van der Waals surface area contributed by atoms with E-state index < -0.39 is 0 Å². The lowest BCUT2D eigenvalue weighted by atomic mass is 10.1. The van der Waals surface area contributed by atoms with Crippen LogP contribution in [0.2, 0.25) is 5.02 Å². The molecule has 1 aromatic heterocycles. The summed E-state index contributed by atoms with van der Waals surface area (Å²) in [6.07, 6.45) is 1.62. The molecule has 4 rings (SSSR count). The van der Waals surface area contributed by atoms with Gasteiger partial charge in [-0.15, -0.1) is 10.2 Å². The summed E-state index contributed by atoms with van der Waals surface area (Å²) in [5.74, 6) is 2.50. The van der Waals surface area contributed by atoms with E-state index in [4.69, 9.17) is 21.4 Å². The Morgan fingerprint density at radius 3 is 2.77 bits per heavy atom. The molecule has 1 aliphatic rings. The maximum Gasteiger partial charge on any atom is 0.212 e. The van der Waals surface area contributed by atoms with Gasteiger partial charge in [0.25, 0.3) is 0 Å². The van der Waals surface area contributed by atoms with Crippen molar-refractivity contribution in [1.29, 1.82) is 0 Å². The fourth-order valence-corrected chi connectivity index (χ4v) is 3.78. The van der Waals surface area contributed by atoms with Crippen molar-refractivity contribution in [3.63, 3.8) is 0 Å². The molecule has 0 spiro atoms. The van der Waals surface area contributed by atoms with Crippen LogP contribution in [-0.4, -0.2) is 33.4 Å². The predicted octanol–water partition coefficient (Wildman–Crippen LogP) is 4.08. The zero-order valence-electron chi connectivity index (χ0n) is 14.2. The summed E-state index contributed by atoms with van der Waals surface area (Å²) in [5, 5.41) is 14.9. The Kier molecular flexibility index (Phi) is 4.95. The van der Waals surface area contributed by atoms with E-state index in [1.807, 2.05) is 47.1 Å². The fraction of sp³-hybridized carbons (Fsp3) is 0.211. The normalized spacial score (nSPS) is 13.2. The lowest BCUT2D eigenvalue weighted by Gasteiger charge is -2.14. The minimum absolute atomic E-state index is 0.724. The number of benzene rings is 2. The number of halogens is 1. The molecule has 26 heavy (non-hydrogen) atoms. The lowest BCUT2D eigenvalue weighted by molar-refractivity contribution is 0.414. The zero-order chi connectivity index (χ0) is 17.9. The Balaban J connectivity index is 1.55. The van der Waals surface area contributed by atoms with Crippen molar-refractivity contribution < 1.29 is 4.74 Å². The van der Waals surface area contributed by atoms with E-state index in [0.717, 1.165) is 51.6 Å². The van der Waals surface area contributed by atoms with Gasteiger partial charge in [-0.05, 0) is 41.8 Å². The van der Waals surface area contributed by atoms with Crippen LogP contribution in [0.25, 0.3) is 0 Å². The van der Waals surface area contributed by atoms with Crippen molar-refractivity contribution in [2.45, 2.75) is 18.0 Å². The Morgan fingerprint density at radius 1 is 1.12 bits per heavy atom. The van der Waals surface area contributed by atoms with Crippen LogP contribution in [0.1, 0.15) is 17.0 Å². The van der Waals surface area contributed by atoms with Crippen LogP contribution in [0.5, 0.6) is 5.75 Å². The third-order valence-electron chi connectivity index (χ3n) is 4.18. The van der Waals surface area contributed by atoms with Crippen LogP contribution in [-0.2, 0) is 12.8 Å². The SMILES string of the molecule is COc1cccc(CCc2nnc3n2N=C(c2ccc(Cl)cc2)CS3)c1. The molecule has 0 atom stereocenters. The summed E-state index contributed by atoms with van der Waals surface area (Å²) < 4.78 is 7.15. The van der Waals surface area contributed by atoms with E-state index in [1.165, 1.54) is 5.56 Å². The van der Waals surface area contributed by atoms with Crippen LogP contribution < -0.4 is 4.74 Å². The summed E-state index contributed by atoms with van der Waals surface area (Å²) in [5.41, 5.74) is 3.27. The van der Waals surface area contributed by atoms with E-state index in [1.54, 1.807) is 18.9 Å². The van der Waals surface area contributed by atoms with E-state index in [-0.39, 0.29) is 0 Å². The number of fused-ring (bicyclic) bond motifs is 1. The number of methoxy groups -OCH3 is 1. The number of aryl methyl sites for hydroxylation is 2. The van der Waals surface area contributed by atoms with E-state index in [9.17, 15) is 0 Å². The van der Waals surface area contributed by atoms with Gasteiger partial charge < -0.3 is 4.74 Å². The molecular weight excluding hydrogens is 368 g/mol. The summed E-state index contributed by atoms with van der Waals surface area (Å²) in [7, 11) is 1.68. The van der Waals surface area contributed by atoms with E-state index in [0.29, 0.717) is 0 Å². The van der Waals surface area contributed by atoms with Crippen molar-refractivity contribution in [3.8, 4) is 5.75 Å². The highest BCUT2D eigenvalue weighted by atomic mass is 35.5. The van der Waals surface area contributed by atoms with E-state index >= 15 is 0 Å². The maximum absolute atomic E-state index is 5.98. The lowest BCUT2D eigenvalue weighted by Crippen LogP contribution is -2.14. The van der Waals surface area contributed by atoms with Gasteiger partial charge in [0.1, 0.15) is 5.75 Å². The molecule has 0 aliphatic carbocycles. The number of ether oxygens (including phenoxy) is 1. The summed E-state index contributed by atoms with van der Waals surface area (Å²) in [6.45, 7) is 0. The van der Waals surface area contributed by atoms with Crippen LogP contribution in [0.3, 0.4) is 0 Å². The molecule has 0 fully saturated rings. The molecule has 0 N–H and O–H groups in total. The van der Waals surface area contributed by atoms with Gasteiger partial charge >= 0.3 is 0 Å². The minimum Gasteiger partial charge on any atom is -0.497 e. The molecule has 132 valence electrons. The van der Waals surface area contributed by atoms with Gasteiger partial charge in [-0.1, -0.05) is 47.6 Å². The van der Waals surface area contributed by atoms with Gasteiger partial charge in [0.05, 0.1) is 12.8 Å². The first-order valence-corrected chi connectivity index (χ1v) is 9.63. The van der Waals surface area contributed by atoms with Crippen LogP contribution in [0, 0.1) is 0 Å². The monoisotopic (exact) mass is 384 g/mol. The molecule has 2 heterocycles. The number of aromatic nitrogens is 3. The second-order valence-corrected chi connectivity index (χ2v) is 7.28. The summed E-state index contributed by atoms with van der Waals surface area (Å²) in [6, 6.07) is 15.8. The molecule has 0 bridgehead atoms. The number of hydrogen-bond donors (Lipinski definition) is 0. The second kappa shape index (κ2) is 7.51. The molecule has 0 radical (unpaired) electrons. The van der Waals surface area contributed by atoms with Crippen LogP contribution in [0.4, 0.5) is 0 Å². The first kappa shape index (κ1) is 17.1.